The van der Waals surface area contributed by atoms with Crippen molar-refractivity contribution in [2.45, 2.75) is 30.3 Å². The number of benzene rings is 1. The van der Waals surface area contributed by atoms with Crippen LogP contribution in [0.4, 0.5) is 0 Å². The summed E-state index contributed by atoms with van der Waals surface area (Å²) in [6, 6.07) is 13.9. The Morgan fingerprint density at radius 3 is 2.88 bits per heavy atom. The summed E-state index contributed by atoms with van der Waals surface area (Å²) in [5, 5.41) is 12.2. The van der Waals surface area contributed by atoms with Gasteiger partial charge in [-0.3, -0.25) is 4.98 Å². The van der Waals surface area contributed by atoms with Crippen molar-refractivity contribution in [1.29, 1.82) is 0 Å². The highest BCUT2D eigenvalue weighted by Crippen LogP contribution is 2.32. The summed E-state index contributed by atoms with van der Waals surface area (Å²) in [6.45, 7) is 3.29. The number of rotatable bonds is 10. The van der Waals surface area contributed by atoms with Crippen LogP contribution in [0.15, 0.2) is 59.9 Å². The summed E-state index contributed by atoms with van der Waals surface area (Å²) in [6.07, 6.45) is 6.70. The molecule has 176 valence electrons. The number of likely N-dealkylation sites (tertiary alicyclic amines) is 1. The van der Waals surface area contributed by atoms with Crippen molar-refractivity contribution in [2.75, 3.05) is 39.1 Å². The molecule has 3 heterocycles. The van der Waals surface area contributed by atoms with Crippen molar-refractivity contribution in [3.05, 3.63) is 60.4 Å². The molecular formula is C26H34N4O2S. The van der Waals surface area contributed by atoms with Crippen molar-refractivity contribution < 1.29 is 9.84 Å². The quantitative estimate of drug-likeness (QED) is 0.434. The number of thioether (sulfide) groups is 1. The molecule has 1 aromatic carbocycles. The second-order valence-electron chi connectivity index (χ2n) is 8.78. The van der Waals surface area contributed by atoms with Gasteiger partial charge in [0.2, 0.25) is 0 Å². The zero-order valence-electron chi connectivity index (χ0n) is 19.3. The molecule has 7 heteroatoms. The van der Waals surface area contributed by atoms with Gasteiger partial charge in [-0.05, 0) is 79.6 Å². The van der Waals surface area contributed by atoms with Gasteiger partial charge in [0.25, 0.3) is 0 Å². The first-order chi connectivity index (χ1) is 16.2. The Morgan fingerprint density at radius 2 is 2.09 bits per heavy atom. The van der Waals surface area contributed by atoms with E-state index in [1.54, 1.807) is 18.9 Å². The number of aromatic nitrogens is 2. The van der Waals surface area contributed by atoms with Crippen molar-refractivity contribution in [3.8, 4) is 5.75 Å². The Bertz CT molecular complexity index is 1020. The highest BCUT2D eigenvalue weighted by atomic mass is 32.2. The highest BCUT2D eigenvalue weighted by molar-refractivity contribution is 7.99. The standard InChI is InChI=1S/C26H34N4O2S/c1-32-21-6-8-25-23(16-21)22(9-12-28-25)24(27)7-5-19-10-13-30(17-20(19)18-31)14-15-33-26-4-2-3-11-29-26/h2-4,6,8-9,11-12,16,19-20,24,31H,5,7,10,13-15,17-18,27H2,1H3/t19-,20-,24?/m1/s1. The van der Waals surface area contributed by atoms with E-state index < -0.39 is 0 Å². The maximum absolute atomic E-state index is 10.1. The number of pyridine rings is 2. The van der Waals surface area contributed by atoms with Crippen LogP contribution in [-0.4, -0.2) is 59.1 Å². The number of piperidine rings is 1. The van der Waals surface area contributed by atoms with Gasteiger partial charge in [0.05, 0.1) is 17.7 Å². The Labute approximate surface area is 200 Å². The molecular weight excluding hydrogens is 432 g/mol. The van der Waals surface area contributed by atoms with Crippen LogP contribution >= 0.6 is 11.8 Å². The monoisotopic (exact) mass is 466 g/mol. The van der Waals surface area contributed by atoms with E-state index in [0.29, 0.717) is 11.8 Å². The van der Waals surface area contributed by atoms with Crippen LogP contribution in [-0.2, 0) is 0 Å². The second-order valence-corrected chi connectivity index (χ2v) is 9.89. The second kappa shape index (κ2) is 11.8. The van der Waals surface area contributed by atoms with Crippen molar-refractivity contribution in [3.63, 3.8) is 0 Å². The van der Waals surface area contributed by atoms with E-state index in [2.05, 4.69) is 20.9 Å². The van der Waals surface area contributed by atoms with Crippen LogP contribution in [0.5, 0.6) is 5.75 Å². The maximum Gasteiger partial charge on any atom is 0.119 e. The molecule has 6 nitrogen and oxygen atoms in total. The fourth-order valence-corrected chi connectivity index (χ4v) is 5.67. The highest BCUT2D eigenvalue weighted by Gasteiger charge is 2.29. The van der Waals surface area contributed by atoms with E-state index in [1.807, 2.05) is 48.8 Å². The molecule has 0 aliphatic carbocycles. The third-order valence-corrected chi connectivity index (χ3v) is 7.66. The molecule has 2 aromatic heterocycles. The molecule has 33 heavy (non-hydrogen) atoms. The molecule has 0 amide bonds. The Balaban J connectivity index is 1.30. The van der Waals surface area contributed by atoms with Gasteiger partial charge in [-0.25, -0.2) is 4.98 Å². The largest absolute Gasteiger partial charge is 0.497 e. The number of nitrogens with zero attached hydrogens (tertiary/aromatic N) is 3. The molecule has 1 aliphatic rings. The lowest BCUT2D eigenvalue weighted by molar-refractivity contribution is 0.0701. The number of hydrogen-bond donors (Lipinski definition) is 2. The number of hydrogen-bond acceptors (Lipinski definition) is 7. The molecule has 1 aliphatic heterocycles. The van der Waals surface area contributed by atoms with Crippen LogP contribution in [0.1, 0.15) is 30.9 Å². The minimum atomic E-state index is -0.0604. The van der Waals surface area contributed by atoms with Gasteiger partial charge < -0.3 is 20.5 Å². The van der Waals surface area contributed by atoms with E-state index in [1.165, 1.54) is 0 Å². The molecule has 0 bridgehead atoms. The molecule has 0 spiro atoms. The lowest BCUT2D eigenvalue weighted by Gasteiger charge is -2.38. The predicted octanol–water partition coefficient (Wildman–Crippen LogP) is 4.14. The number of methoxy groups -OCH3 is 1. The van der Waals surface area contributed by atoms with Crippen LogP contribution in [0.3, 0.4) is 0 Å². The minimum absolute atomic E-state index is 0.0604. The van der Waals surface area contributed by atoms with Gasteiger partial charge in [-0.15, -0.1) is 11.8 Å². The molecule has 0 radical (unpaired) electrons. The zero-order valence-corrected chi connectivity index (χ0v) is 20.1. The van der Waals surface area contributed by atoms with E-state index >= 15 is 0 Å². The van der Waals surface area contributed by atoms with Gasteiger partial charge in [0, 0.05) is 49.3 Å². The minimum Gasteiger partial charge on any atom is -0.497 e. The van der Waals surface area contributed by atoms with Gasteiger partial charge >= 0.3 is 0 Å². The van der Waals surface area contributed by atoms with Gasteiger partial charge in [-0.2, -0.15) is 0 Å². The molecule has 1 saturated heterocycles. The van der Waals surface area contributed by atoms with Gasteiger partial charge in [-0.1, -0.05) is 6.07 Å². The number of ether oxygens (including phenoxy) is 1. The van der Waals surface area contributed by atoms with E-state index in [-0.39, 0.29) is 12.6 Å². The topological polar surface area (TPSA) is 84.5 Å². The lowest BCUT2D eigenvalue weighted by atomic mass is 9.81. The lowest BCUT2D eigenvalue weighted by Crippen LogP contribution is -2.43. The SMILES string of the molecule is COc1ccc2nccc(C(N)CC[C@@H]3CCN(CCSc4ccccn4)C[C@@H]3CO)c2c1. The van der Waals surface area contributed by atoms with Crippen LogP contribution in [0.2, 0.25) is 0 Å². The Morgan fingerprint density at radius 1 is 1.18 bits per heavy atom. The molecule has 1 unspecified atom stereocenters. The summed E-state index contributed by atoms with van der Waals surface area (Å²) in [7, 11) is 1.68. The smallest absolute Gasteiger partial charge is 0.119 e. The fraction of sp³-hybridized carbons (Fsp3) is 0.462. The molecule has 1 fully saturated rings. The first-order valence-electron chi connectivity index (χ1n) is 11.7. The first kappa shape index (κ1) is 24.0. The summed E-state index contributed by atoms with van der Waals surface area (Å²) >= 11 is 1.79. The number of aliphatic hydroxyl groups is 1. The summed E-state index contributed by atoms with van der Waals surface area (Å²) in [4.78, 5) is 11.3. The summed E-state index contributed by atoms with van der Waals surface area (Å²) in [5.74, 6) is 2.64. The average molecular weight is 467 g/mol. The third-order valence-electron chi connectivity index (χ3n) is 6.74. The molecule has 3 N–H and O–H groups in total. The first-order valence-corrected chi connectivity index (χ1v) is 12.7. The summed E-state index contributed by atoms with van der Waals surface area (Å²) < 4.78 is 5.40. The molecule has 4 rings (SSSR count). The van der Waals surface area contributed by atoms with Crippen molar-refractivity contribution >= 4 is 22.7 Å². The normalized spacial score (nSPS) is 20.1. The van der Waals surface area contributed by atoms with E-state index in [9.17, 15) is 5.11 Å². The van der Waals surface area contributed by atoms with Crippen molar-refractivity contribution in [2.24, 2.45) is 17.6 Å². The predicted molar refractivity (Wildman–Crippen MR) is 135 cm³/mol. The number of nitrogens with two attached hydrogens (primary N) is 1. The Kier molecular flexibility index (Phi) is 8.56. The molecule has 3 atom stereocenters. The molecule has 0 saturated carbocycles. The van der Waals surface area contributed by atoms with E-state index in [4.69, 9.17) is 10.5 Å². The van der Waals surface area contributed by atoms with Gasteiger partial charge in [0.15, 0.2) is 0 Å². The van der Waals surface area contributed by atoms with Crippen LogP contribution < -0.4 is 10.5 Å². The van der Waals surface area contributed by atoms with E-state index in [0.717, 1.165) is 71.9 Å². The zero-order chi connectivity index (χ0) is 23.0. The summed E-state index contributed by atoms with van der Waals surface area (Å²) in [5.41, 5.74) is 8.71. The van der Waals surface area contributed by atoms with Crippen LogP contribution in [0.25, 0.3) is 10.9 Å². The van der Waals surface area contributed by atoms with Crippen LogP contribution in [0, 0.1) is 11.8 Å². The van der Waals surface area contributed by atoms with Gasteiger partial charge in [0.1, 0.15) is 5.75 Å². The number of aliphatic hydroxyl groups excluding tert-OH is 1. The molecule has 3 aromatic rings. The number of fused-ring (bicyclic) bond motifs is 1. The van der Waals surface area contributed by atoms with Crippen molar-refractivity contribution in [1.82, 2.24) is 14.9 Å². The Hall–Kier alpha value is -2.19. The third kappa shape index (κ3) is 6.23. The average Bonchev–Trinajstić information content (AvgIpc) is 2.87. The fourth-order valence-electron chi connectivity index (χ4n) is 4.80. The maximum atomic E-state index is 10.1.